The Morgan fingerprint density at radius 1 is 1.00 bits per heavy atom. The molecule has 206 valence electrons. The van der Waals surface area contributed by atoms with Crippen molar-refractivity contribution in [1.29, 1.82) is 0 Å². The van der Waals surface area contributed by atoms with Crippen molar-refractivity contribution in [2.45, 2.75) is 19.4 Å². The quantitative estimate of drug-likeness (QED) is 0.351. The molecule has 5 rings (SSSR count). The van der Waals surface area contributed by atoms with Crippen LogP contribution < -0.4 is 14.8 Å². The van der Waals surface area contributed by atoms with Crippen molar-refractivity contribution in [2.75, 3.05) is 38.4 Å². The van der Waals surface area contributed by atoms with E-state index in [1.54, 1.807) is 51.1 Å². The molecule has 0 bridgehead atoms. The Bertz CT molecular complexity index is 1430. The van der Waals surface area contributed by atoms with Gasteiger partial charge in [-0.05, 0) is 43.2 Å². The molecule has 9 heteroatoms. The Kier molecular flexibility index (Phi) is 8.40. The molecule has 0 radical (unpaired) electrons. The summed E-state index contributed by atoms with van der Waals surface area (Å²) in [5.74, 6) is 1.36. The minimum absolute atomic E-state index is 0.266. The van der Waals surface area contributed by atoms with Crippen molar-refractivity contribution in [3.63, 3.8) is 0 Å². The summed E-state index contributed by atoms with van der Waals surface area (Å²) in [6, 6.07) is 22.0. The number of anilines is 1. The molecule has 1 fully saturated rings. The third kappa shape index (κ3) is 5.70. The maximum Gasteiger partial charge on any atom is 0.338 e. The highest BCUT2D eigenvalue weighted by molar-refractivity contribution is 8.13. The lowest BCUT2D eigenvalue weighted by Crippen LogP contribution is -2.42. The summed E-state index contributed by atoms with van der Waals surface area (Å²) in [7, 11) is 3.08. The molecule has 0 spiro atoms. The largest absolute Gasteiger partial charge is 0.497 e. The molecule has 1 amide bonds. The molecule has 3 aromatic carbocycles. The molecular weight excluding hydrogens is 526 g/mol. The van der Waals surface area contributed by atoms with Crippen LogP contribution in [0.2, 0.25) is 0 Å². The van der Waals surface area contributed by atoms with Gasteiger partial charge < -0.3 is 24.4 Å². The van der Waals surface area contributed by atoms with Gasteiger partial charge in [0.2, 0.25) is 0 Å². The number of amides is 1. The number of hydrogen-bond acceptors (Lipinski definition) is 8. The molecule has 2 heterocycles. The zero-order valence-corrected chi connectivity index (χ0v) is 23.5. The van der Waals surface area contributed by atoms with E-state index in [0.29, 0.717) is 34.0 Å². The first-order valence-electron chi connectivity index (χ1n) is 13.1. The van der Waals surface area contributed by atoms with Crippen molar-refractivity contribution in [1.82, 2.24) is 4.90 Å². The highest BCUT2D eigenvalue weighted by Crippen LogP contribution is 2.43. The zero-order valence-electron chi connectivity index (χ0n) is 22.7. The van der Waals surface area contributed by atoms with Crippen molar-refractivity contribution >= 4 is 40.2 Å². The first-order valence-corrected chi connectivity index (χ1v) is 14.1. The number of carbonyl (C=O) groups excluding carboxylic acids is 2. The summed E-state index contributed by atoms with van der Waals surface area (Å²) in [4.78, 5) is 33.6. The van der Waals surface area contributed by atoms with Crippen LogP contribution in [0.5, 0.6) is 11.5 Å². The second kappa shape index (κ2) is 12.3. The number of rotatable bonds is 8. The standard InChI is InChI=1S/C31H31N3O5S/c1-4-39-30(36)26-27(20-9-6-5-7-10-20)33-31-34(15-8-16-40-31)28(26)21-11-13-23(14-12-21)32-29(35)22-17-24(37-2)19-25(18-22)38-3/h5-7,9-14,17-19,28H,4,8,15-16H2,1-3H3,(H,32,35)/t28-/m1/s1. The lowest BCUT2D eigenvalue weighted by atomic mass is 9.91. The molecule has 1 atom stereocenters. The van der Waals surface area contributed by atoms with E-state index in [9.17, 15) is 9.59 Å². The summed E-state index contributed by atoms with van der Waals surface area (Å²) in [5.41, 5.74) is 3.96. The summed E-state index contributed by atoms with van der Waals surface area (Å²) in [6.07, 6.45) is 0.981. The Morgan fingerprint density at radius 2 is 1.70 bits per heavy atom. The molecule has 2 aliphatic heterocycles. The number of aliphatic imine (C=N–C) groups is 1. The van der Waals surface area contributed by atoms with E-state index in [-0.39, 0.29) is 24.5 Å². The summed E-state index contributed by atoms with van der Waals surface area (Å²) < 4.78 is 16.1. The molecule has 0 aliphatic carbocycles. The van der Waals surface area contributed by atoms with Gasteiger partial charge in [-0.3, -0.25) is 4.79 Å². The highest BCUT2D eigenvalue weighted by Gasteiger charge is 2.39. The summed E-state index contributed by atoms with van der Waals surface area (Å²) in [5, 5.41) is 3.84. The number of esters is 1. The molecule has 2 aliphatic rings. The van der Waals surface area contributed by atoms with Crippen LogP contribution in [0.3, 0.4) is 0 Å². The number of thioether (sulfide) groups is 1. The van der Waals surface area contributed by atoms with E-state index in [4.69, 9.17) is 19.2 Å². The van der Waals surface area contributed by atoms with Gasteiger partial charge in [0, 0.05) is 35.2 Å². The molecular formula is C31H31N3O5S. The van der Waals surface area contributed by atoms with Gasteiger partial charge in [0.25, 0.3) is 5.91 Å². The van der Waals surface area contributed by atoms with Gasteiger partial charge in [-0.2, -0.15) is 0 Å². The first kappa shape index (κ1) is 27.3. The normalized spacial score (nSPS) is 16.5. The van der Waals surface area contributed by atoms with Crippen LogP contribution in [-0.2, 0) is 9.53 Å². The number of amidine groups is 1. The number of methoxy groups -OCH3 is 2. The second-order valence-electron chi connectivity index (χ2n) is 9.22. The fourth-order valence-electron chi connectivity index (χ4n) is 4.82. The van der Waals surface area contributed by atoms with Crippen molar-refractivity contribution in [3.05, 3.63) is 95.1 Å². The number of hydrogen-bond donors (Lipinski definition) is 1. The summed E-state index contributed by atoms with van der Waals surface area (Å²) in [6.45, 7) is 2.85. The minimum Gasteiger partial charge on any atom is -0.497 e. The van der Waals surface area contributed by atoms with Gasteiger partial charge in [0.15, 0.2) is 5.17 Å². The smallest absolute Gasteiger partial charge is 0.338 e. The van der Waals surface area contributed by atoms with E-state index < -0.39 is 0 Å². The van der Waals surface area contributed by atoms with Crippen molar-refractivity contribution in [2.24, 2.45) is 4.99 Å². The van der Waals surface area contributed by atoms with E-state index in [1.807, 2.05) is 54.6 Å². The van der Waals surface area contributed by atoms with Gasteiger partial charge >= 0.3 is 5.97 Å². The van der Waals surface area contributed by atoms with Crippen LogP contribution in [0.25, 0.3) is 5.70 Å². The van der Waals surface area contributed by atoms with Crippen LogP contribution in [0.15, 0.2) is 83.4 Å². The van der Waals surface area contributed by atoms with Crippen LogP contribution in [0, 0.1) is 0 Å². The van der Waals surface area contributed by atoms with Crippen LogP contribution in [0.4, 0.5) is 5.69 Å². The van der Waals surface area contributed by atoms with Crippen LogP contribution in [0.1, 0.15) is 40.9 Å². The Morgan fingerprint density at radius 3 is 2.35 bits per heavy atom. The maximum absolute atomic E-state index is 13.5. The van der Waals surface area contributed by atoms with Crippen LogP contribution >= 0.6 is 11.8 Å². The monoisotopic (exact) mass is 557 g/mol. The molecule has 1 N–H and O–H groups in total. The number of carbonyl (C=O) groups is 2. The fraction of sp³-hybridized carbons (Fsp3) is 0.258. The Balaban J connectivity index is 1.50. The Hall–Kier alpha value is -4.24. The Labute approximate surface area is 238 Å². The zero-order chi connectivity index (χ0) is 28.1. The second-order valence-corrected chi connectivity index (χ2v) is 10.3. The average molecular weight is 558 g/mol. The predicted octanol–water partition coefficient (Wildman–Crippen LogP) is 5.78. The summed E-state index contributed by atoms with van der Waals surface area (Å²) >= 11 is 1.70. The molecule has 0 saturated carbocycles. The topological polar surface area (TPSA) is 89.5 Å². The van der Waals surface area contributed by atoms with E-state index in [0.717, 1.165) is 35.0 Å². The molecule has 0 aromatic heterocycles. The van der Waals surface area contributed by atoms with E-state index in [1.165, 1.54) is 0 Å². The predicted molar refractivity (Wildman–Crippen MR) is 158 cm³/mol. The van der Waals surface area contributed by atoms with E-state index in [2.05, 4.69) is 10.2 Å². The van der Waals surface area contributed by atoms with Crippen molar-refractivity contribution in [3.8, 4) is 11.5 Å². The van der Waals surface area contributed by atoms with Gasteiger partial charge in [0.05, 0.1) is 38.1 Å². The van der Waals surface area contributed by atoms with Gasteiger partial charge in [-0.25, -0.2) is 9.79 Å². The maximum atomic E-state index is 13.5. The number of nitrogens with one attached hydrogen (secondary N) is 1. The number of fused-ring (bicyclic) bond motifs is 1. The van der Waals surface area contributed by atoms with Gasteiger partial charge in [0.1, 0.15) is 11.5 Å². The molecule has 40 heavy (non-hydrogen) atoms. The van der Waals surface area contributed by atoms with E-state index >= 15 is 0 Å². The molecule has 0 unspecified atom stereocenters. The van der Waals surface area contributed by atoms with Crippen LogP contribution in [-0.4, -0.2) is 55.1 Å². The number of benzene rings is 3. The molecule has 3 aromatic rings. The number of ether oxygens (including phenoxy) is 3. The van der Waals surface area contributed by atoms with Gasteiger partial charge in [-0.15, -0.1) is 0 Å². The fourth-order valence-corrected chi connectivity index (χ4v) is 5.80. The minimum atomic E-state index is -0.380. The first-order chi connectivity index (χ1) is 19.5. The average Bonchev–Trinajstić information content (AvgIpc) is 3.00. The van der Waals surface area contributed by atoms with Crippen molar-refractivity contribution < 1.29 is 23.8 Å². The molecule has 1 saturated heterocycles. The lowest BCUT2D eigenvalue weighted by Gasteiger charge is -2.41. The number of nitrogens with zero attached hydrogens (tertiary/aromatic N) is 2. The molecule has 8 nitrogen and oxygen atoms in total. The third-order valence-electron chi connectivity index (χ3n) is 6.71. The lowest BCUT2D eigenvalue weighted by molar-refractivity contribution is -0.139. The highest BCUT2D eigenvalue weighted by atomic mass is 32.2. The van der Waals surface area contributed by atoms with Gasteiger partial charge in [-0.1, -0.05) is 54.2 Å². The third-order valence-corrected chi connectivity index (χ3v) is 7.79. The SMILES string of the molecule is CCOC(=O)C1=C(c2ccccc2)N=C2SCCCN2[C@@H]1c1ccc(NC(=O)c2cc(OC)cc(OC)c2)cc1.